The fourth-order valence-corrected chi connectivity index (χ4v) is 1.03. The lowest BCUT2D eigenvalue weighted by atomic mass is 10.3. The van der Waals surface area contributed by atoms with Crippen LogP contribution in [-0.2, 0) is 4.74 Å². The molecule has 1 atom stereocenters. The highest BCUT2D eigenvalue weighted by Gasteiger charge is 2.23. The Bertz CT molecular complexity index is 181. The third-order valence-electron chi connectivity index (χ3n) is 1.64. The molecular weight excluding hydrogens is 160 g/mol. The summed E-state index contributed by atoms with van der Waals surface area (Å²) in [7, 11) is 1.81. The molecule has 4 N–H and O–H groups in total. The first kappa shape index (κ1) is 9.31. The van der Waals surface area contributed by atoms with E-state index in [0.717, 1.165) is 0 Å². The van der Waals surface area contributed by atoms with Crippen LogP contribution in [-0.4, -0.2) is 36.8 Å². The highest BCUT2D eigenvalue weighted by Crippen LogP contribution is 2.20. The Kier molecular flexibility index (Phi) is 3.33. The van der Waals surface area contributed by atoms with Gasteiger partial charge in [-0.2, -0.15) is 0 Å². The Morgan fingerprint density at radius 3 is 2.92 bits per heavy atom. The fraction of sp³-hybridized carbons (Fsp3) is 0.714. The number of ether oxygens (including phenoxy) is 1. The predicted octanol–water partition coefficient (Wildman–Crippen LogP) is -0.739. The molecule has 0 radical (unpaired) electrons. The fourth-order valence-electron chi connectivity index (χ4n) is 1.03. The summed E-state index contributed by atoms with van der Waals surface area (Å²) < 4.78 is 5.15. The number of rotatable bonds is 4. The van der Waals surface area contributed by atoms with Gasteiger partial charge in [0.2, 0.25) is 0 Å². The van der Waals surface area contributed by atoms with Gasteiger partial charge in [-0.25, -0.2) is 0 Å². The number of nitrogens with one attached hydrogen (secondary N) is 2. The molecule has 0 amide bonds. The molecule has 5 heteroatoms. The SMILES string of the molecule is CNCN[C@H]1CC(O)=C(CO)O1. The van der Waals surface area contributed by atoms with Crippen molar-refractivity contribution in [1.82, 2.24) is 10.6 Å². The lowest BCUT2D eigenvalue weighted by Gasteiger charge is -2.12. The smallest absolute Gasteiger partial charge is 0.161 e. The van der Waals surface area contributed by atoms with E-state index in [1.807, 2.05) is 7.05 Å². The molecule has 0 unspecified atom stereocenters. The maximum Gasteiger partial charge on any atom is 0.161 e. The summed E-state index contributed by atoms with van der Waals surface area (Å²) in [6, 6.07) is 0. The van der Waals surface area contributed by atoms with Gasteiger partial charge < -0.3 is 20.3 Å². The van der Waals surface area contributed by atoms with Crippen LogP contribution in [0.2, 0.25) is 0 Å². The van der Waals surface area contributed by atoms with Gasteiger partial charge in [0.25, 0.3) is 0 Å². The molecule has 1 rings (SSSR count). The van der Waals surface area contributed by atoms with Crippen LogP contribution in [0.1, 0.15) is 6.42 Å². The summed E-state index contributed by atoms with van der Waals surface area (Å²) in [5.41, 5.74) is 0. The van der Waals surface area contributed by atoms with Crippen LogP contribution in [0.5, 0.6) is 0 Å². The van der Waals surface area contributed by atoms with E-state index >= 15 is 0 Å². The van der Waals surface area contributed by atoms with Gasteiger partial charge in [0.1, 0.15) is 12.4 Å². The van der Waals surface area contributed by atoms with E-state index in [-0.39, 0.29) is 24.4 Å². The molecule has 70 valence electrons. The summed E-state index contributed by atoms with van der Waals surface area (Å²) in [6.45, 7) is 0.361. The van der Waals surface area contributed by atoms with E-state index in [1.165, 1.54) is 0 Å². The average Bonchev–Trinajstić information content (AvgIpc) is 2.43. The molecule has 0 saturated carbocycles. The van der Waals surface area contributed by atoms with E-state index < -0.39 is 0 Å². The van der Waals surface area contributed by atoms with Gasteiger partial charge >= 0.3 is 0 Å². The number of aliphatic hydroxyl groups is 2. The zero-order valence-corrected chi connectivity index (χ0v) is 7.00. The lowest BCUT2D eigenvalue weighted by Crippen LogP contribution is -2.35. The second kappa shape index (κ2) is 4.30. The van der Waals surface area contributed by atoms with Gasteiger partial charge in [-0.3, -0.25) is 5.32 Å². The molecule has 0 saturated heterocycles. The normalized spacial score (nSPS) is 23.0. The molecule has 0 bridgehead atoms. The van der Waals surface area contributed by atoms with Crippen molar-refractivity contribution in [3.8, 4) is 0 Å². The van der Waals surface area contributed by atoms with E-state index in [2.05, 4.69) is 10.6 Å². The van der Waals surface area contributed by atoms with Crippen LogP contribution < -0.4 is 10.6 Å². The van der Waals surface area contributed by atoms with Crippen molar-refractivity contribution in [2.24, 2.45) is 0 Å². The summed E-state index contributed by atoms with van der Waals surface area (Å²) in [5, 5.41) is 23.8. The first-order valence-electron chi connectivity index (χ1n) is 3.84. The standard InChI is InChI=1S/C7H14N2O3/c1-8-4-9-7-2-5(11)6(3-10)12-7/h7-11H,2-4H2,1H3/t7-/m1/s1. The van der Waals surface area contributed by atoms with Crippen molar-refractivity contribution in [2.45, 2.75) is 12.6 Å². The Labute approximate surface area is 71.0 Å². The molecule has 0 aromatic rings. The maximum absolute atomic E-state index is 9.19. The molecule has 0 spiro atoms. The monoisotopic (exact) mass is 174 g/mol. The predicted molar refractivity (Wildman–Crippen MR) is 43.3 cm³/mol. The van der Waals surface area contributed by atoms with Gasteiger partial charge in [-0.1, -0.05) is 0 Å². The summed E-state index contributed by atoms with van der Waals surface area (Å²) >= 11 is 0. The molecule has 1 aliphatic rings. The van der Waals surface area contributed by atoms with Crippen LogP contribution in [0.25, 0.3) is 0 Å². The minimum absolute atomic E-state index is 0.131. The second-order valence-electron chi connectivity index (χ2n) is 2.57. The van der Waals surface area contributed by atoms with Crippen LogP contribution in [0.15, 0.2) is 11.5 Å². The van der Waals surface area contributed by atoms with E-state index in [9.17, 15) is 5.11 Å². The van der Waals surface area contributed by atoms with Crippen molar-refractivity contribution >= 4 is 0 Å². The highest BCUT2D eigenvalue weighted by molar-refractivity contribution is 5.07. The first-order valence-corrected chi connectivity index (χ1v) is 3.84. The second-order valence-corrected chi connectivity index (χ2v) is 2.57. The topological polar surface area (TPSA) is 73.8 Å². The van der Waals surface area contributed by atoms with Gasteiger partial charge in [-0.05, 0) is 7.05 Å². The number of hydrogen-bond donors (Lipinski definition) is 4. The molecule has 0 aromatic heterocycles. The molecular formula is C7H14N2O3. The molecule has 1 heterocycles. The molecule has 0 fully saturated rings. The summed E-state index contributed by atoms with van der Waals surface area (Å²) in [4.78, 5) is 0. The zero-order chi connectivity index (χ0) is 8.97. The van der Waals surface area contributed by atoms with E-state index in [0.29, 0.717) is 13.1 Å². The first-order chi connectivity index (χ1) is 5.77. The Morgan fingerprint density at radius 1 is 1.67 bits per heavy atom. The summed E-state index contributed by atoms with van der Waals surface area (Å²) in [5.74, 6) is 0.398. The third kappa shape index (κ3) is 2.10. The van der Waals surface area contributed by atoms with Crippen LogP contribution >= 0.6 is 0 Å². The average molecular weight is 174 g/mol. The lowest BCUT2D eigenvalue weighted by molar-refractivity contribution is 0.0878. The molecule has 12 heavy (non-hydrogen) atoms. The molecule has 1 aliphatic heterocycles. The maximum atomic E-state index is 9.19. The number of aliphatic hydroxyl groups excluding tert-OH is 2. The third-order valence-corrected chi connectivity index (χ3v) is 1.64. The van der Waals surface area contributed by atoms with Crippen molar-refractivity contribution in [1.29, 1.82) is 0 Å². The molecule has 5 nitrogen and oxygen atoms in total. The van der Waals surface area contributed by atoms with Crippen molar-refractivity contribution < 1.29 is 14.9 Å². The highest BCUT2D eigenvalue weighted by atomic mass is 16.5. The Hall–Kier alpha value is -0.780. The van der Waals surface area contributed by atoms with Gasteiger partial charge in [0.05, 0.1) is 6.42 Å². The van der Waals surface area contributed by atoms with Gasteiger partial charge in [0.15, 0.2) is 12.0 Å². The minimum atomic E-state index is -0.246. The van der Waals surface area contributed by atoms with Crippen molar-refractivity contribution in [3.05, 3.63) is 11.5 Å². The van der Waals surface area contributed by atoms with Gasteiger partial charge in [-0.15, -0.1) is 0 Å². The quantitative estimate of drug-likeness (QED) is 0.422. The van der Waals surface area contributed by atoms with Crippen molar-refractivity contribution in [2.75, 3.05) is 20.3 Å². The van der Waals surface area contributed by atoms with Crippen LogP contribution in [0.3, 0.4) is 0 Å². The van der Waals surface area contributed by atoms with E-state index in [4.69, 9.17) is 9.84 Å². The number of hydrogen-bond acceptors (Lipinski definition) is 5. The Morgan fingerprint density at radius 2 is 2.42 bits per heavy atom. The van der Waals surface area contributed by atoms with Crippen LogP contribution in [0.4, 0.5) is 0 Å². The largest absolute Gasteiger partial charge is 0.509 e. The van der Waals surface area contributed by atoms with E-state index in [1.54, 1.807) is 0 Å². The minimum Gasteiger partial charge on any atom is -0.509 e. The zero-order valence-electron chi connectivity index (χ0n) is 7.00. The Balaban J connectivity index is 2.30. The van der Waals surface area contributed by atoms with Gasteiger partial charge in [0, 0.05) is 6.67 Å². The van der Waals surface area contributed by atoms with Crippen molar-refractivity contribution in [3.63, 3.8) is 0 Å². The molecule has 0 aromatic carbocycles. The molecule has 0 aliphatic carbocycles. The van der Waals surface area contributed by atoms with Crippen LogP contribution in [0, 0.1) is 0 Å². The summed E-state index contributed by atoms with van der Waals surface area (Å²) in [6.07, 6.45) is 0.192.